The van der Waals surface area contributed by atoms with Crippen LogP contribution in [0.15, 0.2) is 60.0 Å². The molecule has 3 rings (SSSR count). The number of anilines is 1. The number of nitrogens with zero attached hydrogens (tertiary/aromatic N) is 3. The molecule has 31 heavy (non-hydrogen) atoms. The van der Waals surface area contributed by atoms with Crippen molar-refractivity contribution in [2.24, 2.45) is 0 Å². The summed E-state index contributed by atoms with van der Waals surface area (Å²) in [6.45, 7) is 3.72. The van der Waals surface area contributed by atoms with Crippen molar-refractivity contribution in [2.75, 3.05) is 18.2 Å². The highest BCUT2D eigenvalue weighted by Crippen LogP contribution is 2.22. The maximum Gasteiger partial charge on any atom is 0.230 e. The summed E-state index contributed by atoms with van der Waals surface area (Å²) >= 11 is 1.31. The van der Waals surface area contributed by atoms with Crippen molar-refractivity contribution in [1.29, 1.82) is 0 Å². The lowest BCUT2D eigenvalue weighted by Gasteiger charge is -2.15. The Bertz CT molecular complexity index is 1020. The zero-order valence-corrected chi connectivity index (χ0v) is 18.5. The summed E-state index contributed by atoms with van der Waals surface area (Å²) in [5, 5.41) is 14.5. The maximum atomic E-state index is 12.4. The van der Waals surface area contributed by atoms with Gasteiger partial charge < -0.3 is 15.4 Å². The number of ether oxygens (including phenoxy) is 1. The van der Waals surface area contributed by atoms with Gasteiger partial charge in [-0.25, -0.2) is 0 Å². The van der Waals surface area contributed by atoms with E-state index in [1.54, 1.807) is 20.4 Å². The van der Waals surface area contributed by atoms with Gasteiger partial charge in [0, 0.05) is 17.8 Å². The SMILES string of the molecule is CCC(=O)Nc1ccc(C(C)NC(=O)CSc2nncn2-c2ccc(OC)cc2)cc1. The Balaban J connectivity index is 1.54. The van der Waals surface area contributed by atoms with E-state index < -0.39 is 0 Å². The van der Waals surface area contributed by atoms with Crippen LogP contribution in [0.3, 0.4) is 0 Å². The van der Waals surface area contributed by atoms with E-state index in [4.69, 9.17) is 4.74 Å². The molecular weight excluding hydrogens is 414 g/mol. The molecule has 3 aromatic rings. The Kier molecular flexibility index (Phi) is 7.66. The lowest BCUT2D eigenvalue weighted by molar-refractivity contribution is -0.119. The second-order valence-corrected chi connectivity index (χ2v) is 7.73. The molecule has 0 aliphatic heterocycles. The van der Waals surface area contributed by atoms with Gasteiger partial charge in [0.25, 0.3) is 0 Å². The molecule has 0 aliphatic rings. The van der Waals surface area contributed by atoms with Crippen molar-refractivity contribution in [2.45, 2.75) is 31.5 Å². The summed E-state index contributed by atoms with van der Waals surface area (Å²) in [6.07, 6.45) is 2.04. The van der Waals surface area contributed by atoms with Crippen LogP contribution in [0.1, 0.15) is 31.9 Å². The van der Waals surface area contributed by atoms with Gasteiger partial charge in [0.05, 0.1) is 18.9 Å². The largest absolute Gasteiger partial charge is 0.497 e. The highest BCUT2D eigenvalue weighted by molar-refractivity contribution is 7.99. The molecule has 8 nitrogen and oxygen atoms in total. The van der Waals surface area contributed by atoms with Crippen molar-refractivity contribution in [1.82, 2.24) is 20.1 Å². The second kappa shape index (κ2) is 10.6. The number of benzene rings is 2. The fraction of sp³-hybridized carbons (Fsp3) is 0.273. The quantitative estimate of drug-likeness (QED) is 0.495. The number of aromatic nitrogens is 3. The number of hydrogen-bond acceptors (Lipinski definition) is 6. The molecule has 1 heterocycles. The minimum atomic E-state index is -0.163. The van der Waals surface area contributed by atoms with E-state index in [0.717, 1.165) is 22.7 Å². The predicted molar refractivity (Wildman–Crippen MR) is 121 cm³/mol. The fourth-order valence-corrected chi connectivity index (χ4v) is 3.58. The number of thioether (sulfide) groups is 1. The van der Waals surface area contributed by atoms with Gasteiger partial charge in [-0.1, -0.05) is 30.8 Å². The van der Waals surface area contributed by atoms with Gasteiger partial charge in [0.1, 0.15) is 12.1 Å². The summed E-state index contributed by atoms with van der Waals surface area (Å²) in [6, 6.07) is 14.8. The summed E-state index contributed by atoms with van der Waals surface area (Å²) in [7, 11) is 1.62. The molecule has 0 fully saturated rings. The van der Waals surface area contributed by atoms with E-state index in [1.165, 1.54) is 11.8 Å². The van der Waals surface area contributed by atoms with Crippen molar-refractivity contribution in [3.63, 3.8) is 0 Å². The van der Waals surface area contributed by atoms with Gasteiger partial charge in [0.15, 0.2) is 5.16 Å². The normalized spacial score (nSPS) is 11.6. The van der Waals surface area contributed by atoms with Crippen LogP contribution in [0.25, 0.3) is 5.69 Å². The molecule has 1 atom stereocenters. The van der Waals surface area contributed by atoms with E-state index in [9.17, 15) is 9.59 Å². The molecule has 0 saturated carbocycles. The molecule has 162 valence electrons. The minimum absolute atomic E-state index is 0.0337. The third kappa shape index (κ3) is 6.08. The van der Waals surface area contributed by atoms with Crippen LogP contribution < -0.4 is 15.4 Å². The Morgan fingerprint density at radius 3 is 2.45 bits per heavy atom. The third-order valence-electron chi connectivity index (χ3n) is 4.59. The molecule has 2 amide bonds. The summed E-state index contributed by atoms with van der Waals surface area (Å²) in [5.74, 6) is 0.836. The molecule has 2 N–H and O–H groups in total. The molecule has 1 unspecified atom stereocenters. The average molecular weight is 440 g/mol. The van der Waals surface area contributed by atoms with E-state index in [-0.39, 0.29) is 23.6 Å². The van der Waals surface area contributed by atoms with Gasteiger partial charge in [-0.15, -0.1) is 10.2 Å². The van der Waals surface area contributed by atoms with Crippen molar-refractivity contribution in [3.05, 3.63) is 60.4 Å². The summed E-state index contributed by atoms with van der Waals surface area (Å²) in [4.78, 5) is 23.9. The van der Waals surface area contributed by atoms with Crippen LogP contribution in [0, 0.1) is 0 Å². The summed E-state index contributed by atoms with van der Waals surface area (Å²) < 4.78 is 7.00. The lowest BCUT2D eigenvalue weighted by Crippen LogP contribution is -2.28. The first-order chi connectivity index (χ1) is 15.0. The van der Waals surface area contributed by atoms with Gasteiger partial charge in [-0.3, -0.25) is 14.2 Å². The Morgan fingerprint density at radius 1 is 1.10 bits per heavy atom. The smallest absolute Gasteiger partial charge is 0.230 e. The molecule has 1 aromatic heterocycles. The molecule has 0 saturated heterocycles. The molecule has 0 radical (unpaired) electrons. The third-order valence-corrected chi connectivity index (χ3v) is 5.54. The van der Waals surface area contributed by atoms with Gasteiger partial charge in [-0.2, -0.15) is 0 Å². The first kappa shape index (κ1) is 22.4. The fourth-order valence-electron chi connectivity index (χ4n) is 2.84. The van der Waals surface area contributed by atoms with Crippen molar-refractivity contribution in [3.8, 4) is 11.4 Å². The molecule has 9 heteroatoms. The Hall–Kier alpha value is -3.33. The molecule has 0 bridgehead atoms. The highest BCUT2D eigenvalue weighted by Gasteiger charge is 2.13. The number of rotatable bonds is 9. The van der Waals surface area contributed by atoms with E-state index >= 15 is 0 Å². The number of carbonyl (C=O) groups excluding carboxylic acids is 2. The zero-order chi connectivity index (χ0) is 22.2. The molecule has 2 aromatic carbocycles. The van der Waals surface area contributed by atoms with Gasteiger partial charge >= 0.3 is 0 Å². The molecule has 0 spiro atoms. The topological polar surface area (TPSA) is 98.1 Å². The minimum Gasteiger partial charge on any atom is -0.497 e. The lowest BCUT2D eigenvalue weighted by atomic mass is 10.1. The highest BCUT2D eigenvalue weighted by atomic mass is 32.2. The van der Waals surface area contributed by atoms with Crippen LogP contribution in [0.5, 0.6) is 5.75 Å². The van der Waals surface area contributed by atoms with Gasteiger partial charge in [0.2, 0.25) is 11.8 Å². The van der Waals surface area contributed by atoms with E-state index in [0.29, 0.717) is 11.6 Å². The van der Waals surface area contributed by atoms with Gasteiger partial charge in [-0.05, 0) is 48.9 Å². The van der Waals surface area contributed by atoms with Crippen LogP contribution >= 0.6 is 11.8 Å². The monoisotopic (exact) mass is 439 g/mol. The first-order valence-corrected chi connectivity index (χ1v) is 10.8. The standard InChI is InChI=1S/C22H25N5O3S/c1-4-20(28)25-17-7-5-16(6-8-17)15(2)24-21(29)13-31-22-26-23-14-27(22)18-9-11-19(30-3)12-10-18/h5-12,14-15H,4,13H2,1-3H3,(H,24,29)(H,25,28). The van der Waals surface area contributed by atoms with Crippen molar-refractivity contribution >= 4 is 29.3 Å². The first-order valence-electron chi connectivity index (χ1n) is 9.86. The number of nitrogens with one attached hydrogen (secondary N) is 2. The number of carbonyl (C=O) groups is 2. The molecule has 0 aliphatic carbocycles. The molecular formula is C22H25N5O3S. The van der Waals surface area contributed by atoms with Crippen LogP contribution in [-0.4, -0.2) is 39.4 Å². The number of methoxy groups -OCH3 is 1. The number of hydrogen-bond donors (Lipinski definition) is 2. The van der Waals surface area contributed by atoms with E-state index in [2.05, 4.69) is 20.8 Å². The Morgan fingerprint density at radius 2 is 1.81 bits per heavy atom. The summed E-state index contributed by atoms with van der Waals surface area (Å²) in [5.41, 5.74) is 2.58. The van der Waals surface area contributed by atoms with Crippen molar-refractivity contribution < 1.29 is 14.3 Å². The van der Waals surface area contributed by atoms with Crippen LogP contribution in [-0.2, 0) is 9.59 Å². The number of amides is 2. The van der Waals surface area contributed by atoms with Crippen LogP contribution in [0.4, 0.5) is 5.69 Å². The second-order valence-electron chi connectivity index (χ2n) is 6.78. The maximum absolute atomic E-state index is 12.4. The predicted octanol–water partition coefficient (Wildman–Crippen LogP) is 3.59. The van der Waals surface area contributed by atoms with Crippen LogP contribution in [0.2, 0.25) is 0 Å². The zero-order valence-electron chi connectivity index (χ0n) is 17.7. The van der Waals surface area contributed by atoms with E-state index in [1.807, 2.05) is 60.0 Å². The average Bonchev–Trinajstić information content (AvgIpc) is 3.26. The Labute approximate surface area is 185 Å².